The average molecular weight is 485 g/mol. The largest absolute Gasteiger partial charge is 0.493 e. The second kappa shape index (κ2) is 11.5. The molecule has 4 rings (SSSR count). The molecule has 0 aliphatic carbocycles. The highest BCUT2D eigenvalue weighted by atomic mass is 16.5. The van der Waals surface area contributed by atoms with Gasteiger partial charge in [0.2, 0.25) is 5.89 Å². The van der Waals surface area contributed by atoms with E-state index in [-0.39, 0.29) is 30.9 Å². The SMILES string of the molecule is CCCN(Cc1nnc(-c2ccco2)o1)C(=O)c1ccc(OCC(=O)N2CCOCC2)c(OC)c1. The van der Waals surface area contributed by atoms with Crippen LogP contribution in [0.15, 0.2) is 45.4 Å². The first-order chi connectivity index (χ1) is 17.1. The zero-order chi connectivity index (χ0) is 24.6. The summed E-state index contributed by atoms with van der Waals surface area (Å²) in [6.07, 6.45) is 2.26. The molecule has 1 saturated heterocycles. The van der Waals surface area contributed by atoms with Crippen LogP contribution in [0.5, 0.6) is 11.5 Å². The van der Waals surface area contributed by atoms with Crippen molar-refractivity contribution in [1.29, 1.82) is 0 Å². The van der Waals surface area contributed by atoms with Crippen LogP contribution in [0.3, 0.4) is 0 Å². The highest BCUT2D eigenvalue weighted by molar-refractivity contribution is 5.95. The van der Waals surface area contributed by atoms with Crippen LogP contribution >= 0.6 is 0 Å². The van der Waals surface area contributed by atoms with Crippen molar-refractivity contribution >= 4 is 11.8 Å². The molecule has 0 bridgehead atoms. The summed E-state index contributed by atoms with van der Waals surface area (Å²) in [5.74, 6) is 1.41. The quantitative estimate of drug-likeness (QED) is 0.427. The molecule has 1 aliphatic rings. The van der Waals surface area contributed by atoms with Gasteiger partial charge >= 0.3 is 0 Å². The number of benzene rings is 1. The number of amides is 2. The van der Waals surface area contributed by atoms with Crippen LogP contribution in [0, 0.1) is 0 Å². The number of hydrogen-bond acceptors (Lipinski definition) is 9. The van der Waals surface area contributed by atoms with E-state index in [1.54, 1.807) is 40.1 Å². The molecule has 0 spiro atoms. The van der Waals surface area contributed by atoms with E-state index in [9.17, 15) is 9.59 Å². The summed E-state index contributed by atoms with van der Waals surface area (Å²) >= 11 is 0. The summed E-state index contributed by atoms with van der Waals surface area (Å²) in [7, 11) is 1.48. The zero-order valence-corrected chi connectivity index (χ0v) is 19.8. The lowest BCUT2D eigenvalue weighted by atomic mass is 10.1. The Balaban J connectivity index is 1.43. The van der Waals surface area contributed by atoms with Gasteiger partial charge in [-0.1, -0.05) is 6.92 Å². The second-order valence-electron chi connectivity index (χ2n) is 7.85. The molecule has 0 saturated carbocycles. The van der Waals surface area contributed by atoms with Crippen molar-refractivity contribution in [2.45, 2.75) is 19.9 Å². The maximum absolute atomic E-state index is 13.3. The minimum atomic E-state index is -0.223. The maximum Gasteiger partial charge on any atom is 0.283 e. The first-order valence-corrected chi connectivity index (χ1v) is 11.4. The maximum atomic E-state index is 13.3. The van der Waals surface area contributed by atoms with Crippen molar-refractivity contribution in [1.82, 2.24) is 20.0 Å². The Bertz CT molecular complexity index is 1120. The molecule has 2 aromatic heterocycles. The van der Waals surface area contributed by atoms with Crippen molar-refractivity contribution in [2.75, 3.05) is 46.6 Å². The van der Waals surface area contributed by atoms with Gasteiger partial charge < -0.3 is 32.8 Å². The molecule has 11 nitrogen and oxygen atoms in total. The Labute approximate surface area is 202 Å². The van der Waals surface area contributed by atoms with Crippen LogP contribution in [0.4, 0.5) is 0 Å². The molecule has 3 heterocycles. The fraction of sp³-hybridized carbons (Fsp3) is 0.417. The van der Waals surface area contributed by atoms with Gasteiger partial charge in [-0.15, -0.1) is 10.2 Å². The molecule has 3 aromatic rings. The van der Waals surface area contributed by atoms with Crippen molar-refractivity contribution in [3.05, 3.63) is 48.0 Å². The van der Waals surface area contributed by atoms with E-state index in [1.165, 1.54) is 13.4 Å². The van der Waals surface area contributed by atoms with Gasteiger partial charge in [-0.3, -0.25) is 9.59 Å². The summed E-state index contributed by atoms with van der Waals surface area (Å²) in [5, 5.41) is 8.03. The van der Waals surface area contributed by atoms with E-state index in [1.807, 2.05) is 6.92 Å². The van der Waals surface area contributed by atoms with Crippen molar-refractivity contribution in [3.8, 4) is 23.1 Å². The highest BCUT2D eigenvalue weighted by Gasteiger charge is 2.22. The number of methoxy groups -OCH3 is 1. The monoisotopic (exact) mass is 484 g/mol. The Morgan fingerprint density at radius 2 is 1.97 bits per heavy atom. The van der Waals surface area contributed by atoms with E-state index in [0.29, 0.717) is 61.6 Å². The minimum absolute atomic E-state index is 0.124. The van der Waals surface area contributed by atoms with Gasteiger partial charge in [0.05, 0.1) is 33.1 Å². The molecule has 0 atom stereocenters. The van der Waals surface area contributed by atoms with E-state index < -0.39 is 0 Å². The van der Waals surface area contributed by atoms with Gasteiger partial charge in [-0.2, -0.15) is 0 Å². The number of carbonyl (C=O) groups is 2. The van der Waals surface area contributed by atoms with Gasteiger partial charge in [0.25, 0.3) is 17.7 Å². The van der Waals surface area contributed by atoms with Gasteiger partial charge in [0, 0.05) is 25.2 Å². The summed E-state index contributed by atoms with van der Waals surface area (Å²) < 4.78 is 27.3. The Morgan fingerprint density at radius 1 is 1.14 bits per heavy atom. The molecule has 35 heavy (non-hydrogen) atoms. The average Bonchev–Trinajstić information content (AvgIpc) is 3.59. The molecule has 0 radical (unpaired) electrons. The number of nitrogens with zero attached hydrogens (tertiary/aromatic N) is 4. The van der Waals surface area contributed by atoms with Crippen LogP contribution in [0.2, 0.25) is 0 Å². The lowest BCUT2D eigenvalue weighted by Gasteiger charge is -2.26. The molecule has 1 fully saturated rings. The third kappa shape index (κ3) is 5.99. The zero-order valence-electron chi connectivity index (χ0n) is 19.8. The number of carbonyl (C=O) groups excluding carboxylic acids is 2. The predicted molar refractivity (Wildman–Crippen MR) is 123 cm³/mol. The molecule has 1 aliphatic heterocycles. The molecule has 1 aromatic carbocycles. The van der Waals surface area contributed by atoms with Crippen molar-refractivity contribution in [2.24, 2.45) is 0 Å². The van der Waals surface area contributed by atoms with Gasteiger partial charge in [0.1, 0.15) is 0 Å². The number of morpholine rings is 1. The third-order valence-electron chi connectivity index (χ3n) is 5.43. The molecule has 186 valence electrons. The van der Waals surface area contributed by atoms with Crippen molar-refractivity contribution < 1.29 is 32.6 Å². The third-order valence-corrected chi connectivity index (χ3v) is 5.43. The molecule has 0 unspecified atom stereocenters. The number of aromatic nitrogens is 2. The van der Waals surface area contributed by atoms with Gasteiger partial charge in [-0.05, 0) is 36.8 Å². The number of rotatable bonds is 10. The Morgan fingerprint density at radius 3 is 2.69 bits per heavy atom. The fourth-order valence-electron chi connectivity index (χ4n) is 3.65. The molecular weight excluding hydrogens is 456 g/mol. The lowest BCUT2D eigenvalue weighted by molar-refractivity contribution is -0.137. The van der Waals surface area contributed by atoms with Crippen LogP contribution < -0.4 is 9.47 Å². The smallest absolute Gasteiger partial charge is 0.283 e. The summed E-state index contributed by atoms with van der Waals surface area (Å²) in [4.78, 5) is 29.0. The fourth-order valence-corrected chi connectivity index (χ4v) is 3.65. The van der Waals surface area contributed by atoms with E-state index in [2.05, 4.69) is 10.2 Å². The first kappa shape index (κ1) is 24.3. The van der Waals surface area contributed by atoms with E-state index in [4.69, 9.17) is 23.0 Å². The first-order valence-electron chi connectivity index (χ1n) is 11.4. The predicted octanol–water partition coefficient (Wildman–Crippen LogP) is 2.63. The molecule has 0 N–H and O–H groups in total. The van der Waals surface area contributed by atoms with Gasteiger partial charge in [-0.25, -0.2) is 0 Å². The van der Waals surface area contributed by atoms with Crippen LogP contribution in [-0.2, 0) is 16.1 Å². The standard InChI is InChI=1S/C24H28N4O7/c1-3-8-28(15-21-25-26-23(35-21)19-5-4-11-33-19)24(30)17-6-7-18(20(14-17)31-2)34-16-22(29)27-9-12-32-13-10-27/h4-7,11,14H,3,8-10,12-13,15-16H2,1-2H3. The minimum Gasteiger partial charge on any atom is -0.493 e. The Kier molecular flexibility index (Phi) is 7.99. The van der Waals surface area contributed by atoms with Crippen molar-refractivity contribution in [3.63, 3.8) is 0 Å². The van der Waals surface area contributed by atoms with E-state index >= 15 is 0 Å². The lowest BCUT2D eigenvalue weighted by Crippen LogP contribution is -2.43. The van der Waals surface area contributed by atoms with Crippen LogP contribution in [-0.4, -0.2) is 78.4 Å². The molecule has 11 heteroatoms. The Hall–Kier alpha value is -3.86. The summed E-state index contributed by atoms with van der Waals surface area (Å²) in [5.41, 5.74) is 0.410. The number of ether oxygens (including phenoxy) is 3. The topological polar surface area (TPSA) is 120 Å². The number of furan rings is 1. The van der Waals surface area contributed by atoms with Crippen LogP contribution in [0.1, 0.15) is 29.6 Å². The van der Waals surface area contributed by atoms with Gasteiger partial charge in [0.15, 0.2) is 23.9 Å². The van der Waals surface area contributed by atoms with Crippen LogP contribution in [0.25, 0.3) is 11.7 Å². The normalized spacial score (nSPS) is 13.5. The molecule has 2 amide bonds. The van der Waals surface area contributed by atoms with E-state index in [0.717, 1.165) is 6.42 Å². The summed E-state index contributed by atoms with van der Waals surface area (Å²) in [6, 6.07) is 8.32. The molecular formula is C24H28N4O7. The second-order valence-corrected chi connectivity index (χ2v) is 7.85. The highest BCUT2D eigenvalue weighted by Crippen LogP contribution is 2.29. The number of hydrogen-bond donors (Lipinski definition) is 0. The summed E-state index contributed by atoms with van der Waals surface area (Å²) in [6.45, 7) is 4.63.